The molecule has 0 bridgehead atoms. The molecule has 2 aliphatic heterocycles. The standard InChI is InChI=1S/C22H36O4P2S4/c1-9-25-19(23)13-17-21(13,5)11(3)15(27(17,29)31-7)16-12(4)22(6)14(20(24)26-10-2)18(22)28(16,30)32-8/h11-18H,9-10H2,1-8H3/t11-,12+,13?,14?,15?,16?,17?,18?,21-,22+,27?,28?. The number of ether oxygens (including phenoxy) is 2. The lowest BCUT2D eigenvalue weighted by atomic mass is 9.79. The zero-order valence-electron chi connectivity index (χ0n) is 20.2. The summed E-state index contributed by atoms with van der Waals surface area (Å²) >= 11 is 16.9. The summed E-state index contributed by atoms with van der Waals surface area (Å²) in [5, 5.41) is 0. The first kappa shape index (κ1) is 26.3. The van der Waals surface area contributed by atoms with Gasteiger partial charge in [0.1, 0.15) is 11.8 Å². The summed E-state index contributed by atoms with van der Waals surface area (Å²) in [6.45, 7) is 13.8. The van der Waals surface area contributed by atoms with Crippen LogP contribution >= 0.6 is 34.1 Å². The smallest absolute Gasteiger partial charge is 0.313 e. The van der Waals surface area contributed by atoms with E-state index in [9.17, 15) is 9.59 Å². The topological polar surface area (TPSA) is 52.6 Å². The Hall–Kier alpha value is 1.20. The fourth-order valence-corrected chi connectivity index (χ4v) is 29.7. The Morgan fingerprint density at radius 2 is 1.12 bits per heavy atom. The first-order valence-corrected chi connectivity index (χ1v) is 21.1. The molecule has 8 unspecified atom stereocenters. The minimum absolute atomic E-state index is 0.0606. The molecule has 0 amide bonds. The van der Waals surface area contributed by atoms with Crippen molar-refractivity contribution in [3.05, 3.63) is 0 Å². The van der Waals surface area contributed by atoms with E-state index >= 15 is 0 Å². The van der Waals surface area contributed by atoms with Crippen molar-refractivity contribution < 1.29 is 19.1 Å². The average Bonchev–Trinajstić information content (AvgIpc) is 3.57. The minimum atomic E-state index is -1.92. The second kappa shape index (κ2) is 8.37. The van der Waals surface area contributed by atoms with Gasteiger partial charge in [0, 0.05) is 35.2 Å². The van der Waals surface area contributed by atoms with E-state index in [1.807, 2.05) is 36.6 Å². The summed E-state index contributed by atoms with van der Waals surface area (Å²) in [4.78, 5) is 25.6. The molecule has 10 heteroatoms. The van der Waals surface area contributed by atoms with Gasteiger partial charge in [0.2, 0.25) is 0 Å². The maximum Gasteiger partial charge on any atom is 0.313 e. The molecule has 4 aliphatic rings. The molecular formula is C22H36O4P2S4. The first-order chi connectivity index (χ1) is 14.9. The van der Waals surface area contributed by atoms with Crippen molar-refractivity contribution in [2.45, 2.75) is 64.2 Å². The minimum Gasteiger partial charge on any atom is -0.544 e. The van der Waals surface area contributed by atoms with E-state index in [1.165, 1.54) is 0 Å². The lowest BCUT2D eigenvalue weighted by molar-refractivity contribution is -0.147. The molecule has 4 nitrogen and oxygen atoms in total. The molecule has 0 N–H and O–H groups in total. The van der Waals surface area contributed by atoms with Crippen LogP contribution in [0.25, 0.3) is 0 Å². The van der Waals surface area contributed by atoms with Crippen LogP contribution in [0.5, 0.6) is 0 Å². The van der Waals surface area contributed by atoms with Gasteiger partial charge in [-0.15, -0.1) is 0 Å². The van der Waals surface area contributed by atoms with Crippen molar-refractivity contribution in [2.24, 2.45) is 34.5 Å². The summed E-state index contributed by atoms with van der Waals surface area (Å²) in [6.07, 6.45) is 4.30. The van der Waals surface area contributed by atoms with Crippen molar-refractivity contribution in [3.63, 3.8) is 0 Å². The summed E-state index contributed by atoms with van der Waals surface area (Å²) < 4.78 is 10.9. The van der Waals surface area contributed by atoms with Crippen LogP contribution in [-0.4, -0.2) is 60.3 Å². The van der Waals surface area contributed by atoms with Crippen LogP contribution in [0.3, 0.4) is 0 Å². The Labute approximate surface area is 213 Å². The van der Waals surface area contributed by atoms with Crippen molar-refractivity contribution in [2.75, 3.05) is 25.7 Å². The Kier molecular flexibility index (Phi) is 6.87. The molecular weight excluding hydrogens is 518 g/mol. The molecule has 4 rings (SSSR count). The number of carbonyl (C=O) groups excluding carboxylic acids is 2. The number of hydrogen-bond acceptors (Lipinski definition) is 8. The summed E-state index contributed by atoms with van der Waals surface area (Å²) in [5.41, 5.74) is -2.77. The predicted octanol–water partition coefficient (Wildman–Crippen LogP) is 5.67. The number of carbonyl (C=O) groups is 2. The SMILES string of the molecule is CCOC(=O)C1C2[C@]1(C)[C@H](C)C(C1[C@H](C)[C@@]3(C)C(C(=O)OCC)C3[P+]1([S-])SC)[P+]2([S-])SC. The fourth-order valence-electron chi connectivity index (χ4n) is 7.76. The number of esters is 2. The summed E-state index contributed by atoms with van der Waals surface area (Å²) in [6, 6.07) is 0. The average molecular weight is 555 g/mol. The third-order valence-corrected chi connectivity index (χ3v) is 29.2. The quantitative estimate of drug-likeness (QED) is 0.227. The van der Waals surface area contributed by atoms with Gasteiger partial charge in [0.05, 0.1) is 35.8 Å². The zero-order chi connectivity index (χ0) is 24.0. The van der Waals surface area contributed by atoms with Gasteiger partial charge in [-0.2, -0.15) is 0 Å². The van der Waals surface area contributed by atoms with E-state index in [1.54, 1.807) is 0 Å². The molecule has 182 valence electrons. The van der Waals surface area contributed by atoms with Crippen LogP contribution in [0.15, 0.2) is 0 Å². The van der Waals surface area contributed by atoms with Gasteiger partial charge in [-0.05, 0) is 47.9 Å². The molecule has 12 atom stereocenters. The van der Waals surface area contributed by atoms with E-state index in [-0.39, 0.29) is 45.9 Å². The van der Waals surface area contributed by atoms with Crippen LogP contribution in [0.2, 0.25) is 0 Å². The van der Waals surface area contributed by atoms with Gasteiger partial charge < -0.3 is 34.0 Å². The molecule has 2 saturated carbocycles. The number of fused-ring (bicyclic) bond motifs is 2. The molecule has 2 heterocycles. The van der Waals surface area contributed by atoms with E-state index in [4.69, 9.17) is 34.0 Å². The highest BCUT2D eigenvalue weighted by atomic mass is 33.1. The van der Waals surface area contributed by atoms with Crippen molar-refractivity contribution in [1.82, 2.24) is 0 Å². The van der Waals surface area contributed by atoms with E-state index in [0.29, 0.717) is 36.4 Å². The maximum absolute atomic E-state index is 12.8. The lowest BCUT2D eigenvalue weighted by Gasteiger charge is -2.48. The molecule has 2 aliphatic carbocycles. The van der Waals surface area contributed by atoms with Crippen LogP contribution in [0.4, 0.5) is 0 Å². The molecule has 32 heavy (non-hydrogen) atoms. The fraction of sp³-hybridized carbons (Fsp3) is 0.909. The third-order valence-electron chi connectivity index (χ3n) is 9.62. The normalized spacial score (nSPS) is 55.2. The number of hydrogen-bond donors (Lipinski definition) is 0. The summed E-state index contributed by atoms with van der Waals surface area (Å²) in [7, 11) is 0. The first-order valence-electron chi connectivity index (χ1n) is 11.5. The lowest BCUT2D eigenvalue weighted by Crippen LogP contribution is -2.41. The Bertz CT molecular complexity index is 768. The molecule has 0 aromatic heterocycles. The molecule has 4 fully saturated rings. The second-order valence-corrected chi connectivity index (χ2v) is 26.7. The monoisotopic (exact) mass is 554 g/mol. The Balaban J connectivity index is 1.70. The van der Waals surface area contributed by atoms with Gasteiger partial charge in [-0.3, -0.25) is 9.59 Å². The van der Waals surface area contributed by atoms with Gasteiger partial charge >= 0.3 is 11.9 Å². The molecule has 0 spiro atoms. The van der Waals surface area contributed by atoms with Crippen LogP contribution in [0.1, 0.15) is 41.5 Å². The van der Waals surface area contributed by atoms with Crippen LogP contribution in [0, 0.1) is 34.5 Å². The highest BCUT2D eigenvalue weighted by Crippen LogP contribution is 3.02. The molecule has 0 aromatic carbocycles. The third kappa shape index (κ3) is 3.01. The molecule has 0 aromatic rings. The predicted molar refractivity (Wildman–Crippen MR) is 146 cm³/mol. The second-order valence-electron chi connectivity index (χ2n) is 10.3. The van der Waals surface area contributed by atoms with Crippen LogP contribution < -0.4 is 0 Å². The van der Waals surface area contributed by atoms with Gasteiger partial charge in [-0.25, -0.2) is 0 Å². The largest absolute Gasteiger partial charge is 0.544 e. The highest BCUT2D eigenvalue weighted by molar-refractivity contribution is 8.87. The van der Waals surface area contributed by atoms with Gasteiger partial charge in [-0.1, -0.05) is 27.7 Å². The Morgan fingerprint density at radius 3 is 1.38 bits per heavy atom. The summed E-state index contributed by atoms with van der Waals surface area (Å²) in [5.74, 6) is 0.430. The van der Waals surface area contributed by atoms with E-state index in [2.05, 4.69) is 40.2 Å². The highest BCUT2D eigenvalue weighted by Gasteiger charge is 2.90. The maximum atomic E-state index is 12.8. The van der Waals surface area contributed by atoms with Gasteiger partial charge in [0.15, 0.2) is 0 Å². The van der Waals surface area contributed by atoms with Crippen molar-refractivity contribution >= 4 is 70.5 Å². The van der Waals surface area contributed by atoms with Crippen LogP contribution in [-0.2, 0) is 43.6 Å². The molecule has 0 radical (unpaired) electrons. The molecule has 2 saturated heterocycles. The Morgan fingerprint density at radius 1 is 0.812 bits per heavy atom. The zero-order valence-corrected chi connectivity index (χ0v) is 25.2. The van der Waals surface area contributed by atoms with Gasteiger partial charge in [0.25, 0.3) is 0 Å². The van der Waals surface area contributed by atoms with E-state index < -0.39 is 11.3 Å². The number of rotatable bonds is 7. The van der Waals surface area contributed by atoms with Crippen molar-refractivity contribution in [1.29, 1.82) is 0 Å². The van der Waals surface area contributed by atoms with E-state index in [0.717, 1.165) is 0 Å². The van der Waals surface area contributed by atoms with Crippen molar-refractivity contribution in [3.8, 4) is 0 Å².